The number of hydrogen-bond acceptors (Lipinski definition) is 5. The lowest BCUT2D eigenvalue weighted by Gasteiger charge is -2.24. The van der Waals surface area contributed by atoms with Crippen molar-refractivity contribution in [3.63, 3.8) is 0 Å². The lowest BCUT2D eigenvalue weighted by molar-refractivity contribution is -0.119. The van der Waals surface area contributed by atoms with Gasteiger partial charge in [0.15, 0.2) is 0 Å². The summed E-state index contributed by atoms with van der Waals surface area (Å²) in [7, 11) is -2.59. The zero-order valence-electron chi connectivity index (χ0n) is 17.5. The number of rotatable bonds is 8. The molecule has 32 heavy (non-hydrogen) atoms. The van der Waals surface area contributed by atoms with Gasteiger partial charge in [-0.2, -0.15) is 5.10 Å². The van der Waals surface area contributed by atoms with Crippen LogP contribution in [0.5, 0.6) is 5.75 Å². The summed E-state index contributed by atoms with van der Waals surface area (Å²) in [5.41, 5.74) is 3.70. The van der Waals surface area contributed by atoms with Crippen LogP contribution >= 0.6 is 0 Å². The van der Waals surface area contributed by atoms with E-state index in [0.717, 1.165) is 16.1 Å². The molecule has 1 N–H and O–H groups in total. The molecule has 3 rings (SSSR count). The van der Waals surface area contributed by atoms with Crippen LogP contribution in [0.25, 0.3) is 0 Å². The average Bonchev–Trinajstić information content (AvgIpc) is 2.79. The number of benzene rings is 3. The summed E-state index contributed by atoms with van der Waals surface area (Å²) in [5, 5.41) is 3.74. The fraction of sp³-hybridized carbons (Fsp3) is 0.130. The number of sulfonamides is 1. The first kappa shape index (κ1) is 23.0. The molecule has 0 spiro atoms. The first-order valence-corrected chi connectivity index (χ1v) is 11.0. The van der Waals surface area contributed by atoms with E-state index in [9.17, 15) is 17.6 Å². The highest BCUT2D eigenvalue weighted by Crippen LogP contribution is 2.25. The Morgan fingerprint density at radius 3 is 2.34 bits per heavy atom. The second-order valence-corrected chi connectivity index (χ2v) is 8.70. The fourth-order valence-corrected chi connectivity index (χ4v) is 4.24. The number of carbonyl (C=O) groups excluding carboxylic acids is 1. The van der Waals surface area contributed by atoms with E-state index in [1.165, 1.54) is 49.6 Å². The van der Waals surface area contributed by atoms with Gasteiger partial charge < -0.3 is 4.74 Å². The van der Waals surface area contributed by atoms with Crippen LogP contribution in [0.1, 0.15) is 11.1 Å². The average molecular weight is 456 g/mol. The Kier molecular flexibility index (Phi) is 7.21. The minimum absolute atomic E-state index is 0.00142. The van der Waals surface area contributed by atoms with Crippen LogP contribution < -0.4 is 14.5 Å². The first-order valence-electron chi connectivity index (χ1n) is 9.61. The maximum Gasteiger partial charge on any atom is 0.264 e. The standard InChI is InChI=1S/C23H22FN3O4S/c1-17-7-9-19(10-8-17)27(32(29,30)21-13-11-20(31-2)12-14-21)16-23(28)26-25-15-18-5-3-4-6-22(18)24/h3-15H,16H2,1-2H3,(H,26,28). The number of ether oxygens (including phenoxy) is 1. The van der Waals surface area contributed by atoms with Gasteiger partial charge in [-0.25, -0.2) is 18.2 Å². The van der Waals surface area contributed by atoms with E-state index in [0.29, 0.717) is 11.4 Å². The summed E-state index contributed by atoms with van der Waals surface area (Å²) in [6.45, 7) is 1.35. The van der Waals surface area contributed by atoms with Gasteiger partial charge in [-0.05, 0) is 49.4 Å². The molecule has 3 aromatic rings. The van der Waals surface area contributed by atoms with Crippen molar-refractivity contribution in [3.8, 4) is 5.75 Å². The molecule has 9 heteroatoms. The van der Waals surface area contributed by atoms with Crippen molar-refractivity contribution in [3.05, 3.63) is 89.7 Å². The molecule has 0 aromatic heterocycles. The van der Waals surface area contributed by atoms with Gasteiger partial charge in [0.25, 0.3) is 15.9 Å². The lowest BCUT2D eigenvalue weighted by Crippen LogP contribution is -2.39. The molecule has 0 radical (unpaired) electrons. The molecule has 0 aliphatic carbocycles. The summed E-state index contributed by atoms with van der Waals surface area (Å²) in [5.74, 6) is -0.671. The molecular formula is C23H22FN3O4S. The molecule has 0 fully saturated rings. The van der Waals surface area contributed by atoms with Crippen LogP contribution in [0, 0.1) is 12.7 Å². The molecule has 0 heterocycles. The SMILES string of the molecule is COc1ccc(S(=O)(=O)N(CC(=O)NN=Cc2ccccc2F)c2ccc(C)cc2)cc1. The monoisotopic (exact) mass is 455 g/mol. The molecule has 0 atom stereocenters. The molecule has 166 valence electrons. The van der Waals surface area contributed by atoms with E-state index in [4.69, 9.17) is 4.74 Å². The van der Waals surface area contributed by atoms with Gasteiger partial charge in [0.05, 0.1) is 23.9 Å². The third-order valence-electron chi connectivity index (χ3n) is 4.55. The highest BCUT2D eigenvalue weighted by atomic mass is 32.2. The van der Waals surface area contributed by atoms with Gasteiger partial charge in [0, 0.05) is 5.56 Å². The molecule has 7 nitrogen and oxygen atoms in total. The van der Waals surface area contributed by atoms with Gasteiger partial charge in [0.2, 0.25) is 0 Å². The molecule has 0 saturated carbocycles. The minimum atomic E-state index is -4.07. The van der Waals surface area contributed by atoms with Crippen molar-refractivity contribution in [1.29, 1.82) is 0 Å². The summed E-state index contributed by atoms with van der Waals surface area (Å²) >= 11 is 0. The number of anilines is 1. The van der Waals surface area contributed by atoms with Crippen LogP contribution in [0.15, 0.2) is 82.8 Å². The lowest BCUT2D eigenvalue weighted by atomic mass is 10.2. The van der Waals surface area contributed by atoms with Crippen molar-refractivity contribution in [2.24, 2.45) is 5.10 Å². The first-order chi connectivity index (χ1) is 15.3. The summed E-state index contributed by atoms with van der Waals surface area (Å²) < 4.78 is 46.4. The number of aryl methyl sites for hydroxylation is 1. The second kappa shape index (κ2) is 10.1. The molecular weight excluding hydrogens is 433 g/mol. The highest BCUT2D eigenvalue weighted by Gasteiger charge is 2.27. The van der Waals surface area contributed by atoms with Crippen LogP contribution in [0.3, 0.4) is 0 Å². The summed E-state index contributed by atoms with van der Waals surface area (Å²) in [6.07, 6.45) is 1.15. The third-order valence-corrected chi connectivity index (χ3v) is 6.34. The predicted molar refractivity (Wildman–Crippen MR) is 121 cm³/mol. The topological polar surface area (TPSA) is 88.1 Å². The van der Waals surface area contributed by atoms with Crippen molar-refractivity contribution in [2.45, 2.75) is 11.8 Å². The molecule has 0 aliphatic rings. The summed E-state index contributed by atoms with van der Waals surface area (Å²) in [6, 6.07) is 18.5. The van der Waals surface area contributed by atoms with Gasteiger partial charge in [-0.3, -0.25) is 9.10 Å². The van der Waals surface area contributed by atoms with Gasteiger partial charge in [-0.1, -0.05) is 35.9 Å². The van der Waals surface area contributed by atoms with Crippen molar-refractivity contribution >= 4 is 27.8 Å². The van der Waals surface area contributed by atoms with E-state index in [1.807, 2.05) is 6.92 Å². The smallest absolute Gasteiger partial charge is 0.264 e. The molecule has 1 amide bonds. The predicted octanol–water partition coefficient (Wildman–Crippen LogP) is 3.49. The fourth-order valence-electron chi connectivity index (χ4n) is 2.82. The Hall–Kier alpha value is -3.72. The Bertz CT molecular complexity index is 1210. The third kappa shape index (κ3) is 5.50. The van der Waals surface area contributed by atoms with Crippen molar-refractivity contribution in [1.82, 2.24) is 5.43 Å². The summed E-state index contributed by atoms with van der Waals surface area (Å²) in [4.78, 5) is 12.5. The second-order valence-electron chi connectivity index (χ2n) is 6.84. The number of nitrogens with one attached hydrogen (secondary N) is 1. The number of hydrazone groups is 1. The van der Waals surface area contributed by atoms with Gasteiger partial charge in [0.1, 0.15) is 18.1 Å². The quantitative estimate of drug-likeness (QED) is 0.416. The Morgan fingerprint density at radius 2 is 1.72 bits per heavy atom. The van der Waals surface area contributed by atoms with E-state index in [1.54, 1.807) is 30.3 Å². The number of hydrogen-bond donors (Lipinski definition) is 1. The normalized spacial score (nSPS) is 11.3. The Balaban J connectivity index is 1.85. The number of amides is 1. The molecule has 0 bridgehead atoms. The van der Waals surface area contributed by atoms with E-state index < -0.39 is 28.3 Å². The zero-order valence-corrected chi connectivity index (χ0v) is 18.3. The van der Waals surface area contributed by atoms with E-state index in [2.05, 4.69) is 10.5 Å². The van der Waals surface area contributed by atoms with Gasteiger partial charge >= 0.3 is 0 Å². The molecule has 0 saturated heterocycles. The number of methoxy groups -OCH3 is 1. The minimum Gasteiger partial charge on any atom is -0.497 e. The maximum absolute atomic E-state index is 13.7. The van der Waals surface area contributed by atoms with Gasteiger partial charge in [-0.15, -0.1) is 0 Å². The Labute approximate surface area is 186 Å². The van der Waals surface area contributed by atoms with Crippen LogP contribution in [0.4, 0.5) is 10.1 Å². The number of nitrogens with zero attached hydrogens (tertiary/aromatic N) is 2. The Morgan fingerprint density at radius 1 is 1.06 bits per heavy atom. The van der Waals surface area contributed by atoms with Crippen LogP contribution in [0.2, 0.25) is 0 Å². The molecule has 3 aromatic carbocycles. The van der Waals surface area contributed by atoms with E-state index in [-0.39, 0.29) is 10.5 Å². The highest BCUT2D eigenvalue weighted by molar-refractivity contribution is 7.92. The van der Waals surface area contributed by atoms with Crippen LogP contribution in [-0.2, 0) is 14.8 Å². The number of carbonyl (C=O) groups is 1. The van der Waals surface area contributed by atoms with E-state index >= 15 is 0 Å². The van der Waals surface area contributed by atoms with Crippen molar-refractivity contribution < 1.29 is 22.3 Å². The van der Waals surface area contributed by atoms with Crippen molar-refractivity contribution in [2.75, 3.05) is 18.0 Å². The van der Waals surface area contributed by atoms with Crippen LogP contribution in [-0.4, -0.2) is 34.2 Å². The molecule has 0 aliphatic heterocycles. The largest absolute Gasteiger partial charge is 0.497 e. The zero-order chi connectivity index (χ0) is 23.1. The number of halogens is 1. The molecule has 0 unspecified atom stereocenters. The maximum atomic E-state index is 13.7.